The fourth-order valence-corrected chi connectivity index (χ4v) is 2.34. The molecule has 1 unspecified atom stereocenters. The van der Waals surface area contributed by atoms with Gasteiger partial charge in [-0.3, -0.25) is 4.90 Å². The maximum absolute atomic E-state index is 10.4. The molecule has 0 aliphatic carbocycles. The van der Waals surface area contributed by atoms with E-state index in [1.165, 1.54) is 0 Å². The molecule has 4 nitrogen and oxygen atoms in total. The van der Waals surface area contributed by atoms with Crippen LogP contribution >= 0.6 is 0 Å². The van der Waals surface area contributed by atoms with Crippen molar-refractivity contribution in [2.24, 2.45) is 0 Å². The van der Waals surface area contributed by atoms with Gasteiger partial charge in [0.1, 0.15) is 11.5 Å². The first-order valence-electron chi connectivity index (χ1n) is 7.47. The second kappa shape index (κ2) is 7.26. The van der Waals surface area contributed by atoms with Crippen LogP contribution in [0.15, 0.2) is 40.8 Å². The van der Waals surface area contributed by atoms with E-state index in [9.17, 15) is 5.11 Å². The van der Waals surface area contributed by atoms with Crippen LogP contribution in [-0.4, -0.2) is 22.6 Å². The minimum absolute atomic E-state index is 0.290. The Bertz CT molecular complexity index is 638. The van der Waals surface area contributed by atoms with Crippen molar-refractivity contribution < 1.29 is 9.52 Å². The molecule has 0 spiro atoms. The third kappa shape index (κ3) is 4.20. The lowest BCUT2D eigenvalue weighted by molar-refractivity contribution is 0.0860. The lowest BCUT2D eigenvalue weighted by Gasteiger charge is -2.28. The minimum atomic E-state index is -0.591. The third-order valence-corrected chi connectivity index (χ3v) is 3.72. The predicted molar refractivity (Wildman–Crippen MR) is 85.1 cm³/mol. The summed E-state index contributed by atoms with van der Waals surface area (Å²) >= 11 is 0. The van der Waals surface area contributed by atoms with Gasteiger partial charge in [-0.2, -0.15) is 5.26 Å². The Labute approximate surface area is 131 Å². The van der Waals surface area contributed by atoms with Crippen molar-refractivity contribution in [2.75, 3.05) is 6.54 Å². The third-order valence-electron chi connectivity index (χ3n) is 3.72. The number of aryl methyl sites for hydroxylation is 1. The van der Waals surface area contributed by atoms with Crippen LogP contribution in [0.3, 0.4) is 0 Å². The van der Waals surface area contributed by atoms with Gasteiger partial charge >= 0.3 is 0 Å². The van der Waals surface area contributed by atoms with Gasteiger partial charge in [-0.05, 0) is 50.6 Å². The van der Waals surface area contributed by atoms with Gasteiger partial charge in [0.15, 0.2) is 0 Å². The Morgan fingerprint density at radius 3 is 2.36 bits per heavy atom. The van der Waals surface area contributed by atoms with E-state index in [1.807, 2.05) is 19.1 Å². The molecule has 4 heteroatoms. The van der Waals surface area contributed by atoms with Crippen molar-refractivity contribution in [1.82, 2.24) is 4.90 Å². The molecule has 0 aliphatic heterocycles. The molecule has 116 valence electrons. The fraction of sp³-hybridized carbons (Fsp3) is 0.389. The van der Waals surface area contributed by atoms with Crippen molar-refractivity contribution >= 4 is 0 Å². The normalized spacial score (nSPS) is 12.6. The highest BCUT2D eigenvalue weighted by Gasteiger charge is 2.18. The molecule has 1 aromatic heterocycles. The zero-order valence-electron chi connectivity index (χ0n) is 13.3. The Morgan fingerprint density at radius 1 is 1.18 bits per heavy atom. The highest BCUT2D eigenvalue weighted by molar-refractivity contribution is 5.32. The molecular formula is C18H22N2O2. The topological polar surface area (TPSA) is 60.4 Å². The van der Waals surface area contributed by atoms with Crippen LogP contribution in [0.2, 0.25) is 0 Å². The lowest BCUT2D eigenvalue weighted by Crippen LogP contribution is -2.34. The Hall–Kier alpha value is -2.09. The summed E-state index contributed by atoms with van der Waals surface area (Å²) in [7, 11) is 0. The highest BCUT2D eigenvalue weighted by Crippen LogP contribution is 2.19. The monoisotopic (exact) mass is 298 g/mol. The number of nitriles is 1. The van der Waals surface area contributed by atoms with Gasteiger partial charge < -0.3 is 9.52 Å². The van der Waals surface area contributed by atoms with Gasteiger partial charge in [0.2, 0.25) is 0 Å². The molecule has 0 bridgehead atoms. The van der Waals surface area contributed by atoms with Crippen molar-refractivity contribution in [3.8, 4) is 6.07 Å². The van der Waals surface area contributed by atoms with Gasteiger partial charge in [-0.25, -0.2) is 0 Å². The molecule has 2 rings (SSSR count). The van der Waals surface area contributed by atoms with Crippen molar-refractivity contribution in [3.63, 3.8) is 0 Å². The quantitative estimate of drug-likeness (QED) is 0.888. The van der Waals surface area contributed by atoms with E-state index in [2.05, 4.69) is 24.8 Å². The number of nitrogens with zero attached hydrogens (tertiary/aromatic N) is 2. The standard InChI is InChI=1S/C18H22N2O2/c1-13(2)20(11-17-9-4-14(3)22-17)12-18(21)16-7-5-15(10-19)6-8-16/h4-9,13,18,21H,11-12H2,1-3H3. The summed E-state index contributed by atoms with van der Waals surface area (Å²) in [5.74, 6) is 1.80. The number of hydrogen-bond acceptors (Lipinski definition) is 4. The molecule has 0 saturated carbocycles. The summed E-state index contributed by atoms with van der Waals surface area (Å²) in [5, 5.41) is 19.3. The van der Waals surface area contributed by atoms with E-state index in [-0.39, 0.29) is 0 Å². The van der Waals surface area contributed by atoms with Gasteiger partial charge in [-0.15, -0.1) is 0 Å². The Kier molecular flexibility index (Phi) is 5.37. The van der Waals surface area contributed by atoms with E-state index < -0.39 is 6.10 Å². The van der Waals surface area contributed by atoms with E-state index >= 15 is 0 Å². The first-order chi connectivity index (χ1) is 10.5. The number of aliphatic hydroxyl groups excluding tert-OH is 1. The van der Waals surface area contributed by atoms with Gasteiger partial charge in [0.05, 0.1) is 24.3 Å². The van der Waals surface area contributed by atoms with Crippen LogP contribution in [0.4, 0.5) is 0 Å². The minimum Gasteiger partial charge on any atom is -0.465 e. The summed E-state index contributed by atoms with van der Waals surface area (Å²) in [6.45, 7) is 7.31. The van der Waals surface area contributed by atoms with Gasteiger partial charge in [0.25, 0.3) is 0 Å². The zero-order chi connectivity index (χ0) is 16.1. The summed E-state index contributed by atoms with van der Waals surface area (Å²) in [6.07, 6.45) is -0.591. The maximum atomic E-state index is 10.4. The summed E-state index contributed by atoms with van der Waals surface area (Å²) < 4.78 is 5.62. The van der Waals surface area contributed by atoms with Crippen LogP contribution in [0.5, 0.6) is 0 Å². The van der Waals surface area contributed by atoms with E-state index in [4.69, 9.17) is 9.68 Å². The van der Waals surface area contributed by atoms with E-state index in [1.54, 1.807) is 24.3 Å². The number of furan rings is 1. The van der Waals surface area contributed by atoms with Gasteiger partial charge in [0, 0.05) is 12.6 Å². The average Bonchev–Trinajstić information content (AvgIpc) is 2.91. The lowest BCUT2D eigenvalue weighted by atomic mass is 10.1. The summed E-state index contributed by atoms with van der Waals surface area (Å²) in [4.78, 5) is 2.17. The molecule has 1 heterocycles. The second-order valence-corrected chi connectivity index (χ2v) is 5.79. The van der Waals surface area contributed by atoms with Crippen LogP contribution in [0.1, 0.15) is 42.6 Å². The van der Waals surface area contributed by atoms with Gasteiger partial charge in [-0.1, -0.05) is 12.1 Å². The smallest absolute Gasteiger partial charge is 0.118 e. The Balaban J connectivity index is 2.04. The molecule has 0 radical (unpaired) electrons. The molecule has 0 saturated heterocycles. The SMILES string of the molecule is Cc1ccc(CN(CC(O)c2ccc(C#N)cc2)C(C)C)o1. The predicted octanol–water partition coefficient (Wildman–Crippen LogP) is 3.40. The molecule has 2 aromatic rings. The molecule has 0 amide bonds. The van der Waals surface area contributed by atoms with Crippen LogP contribution in [0, 0.1) is 18.3 Å². The van der Waals surface area contributed by atoms with Crippen LogP contribution in [-0.2, 0) is 6.54 Å². The molecule has 1 atom stereocenters. The molecule has 0 fully saturated rings. The van der Waals surface area contributed by atoms with Crippen molar-refractivity contribution in [1.29, 1.82) is 5.26 Å². The number of rotatable bonds is 6. The average molecular weight is 298 g/mol. The molecule has 1 N–H and O–H groups in total. The summed E-state index contributed by atoms with van der Waals surface area (Å²) in [6, 6.07) is 13.4. The molecule has 1 aromatic carbocycles. The molecular weight excluding hydrogens is 276 g/mol. The largest absolute Gasteiger partial charge is 0.465 e. The highest BCUT2D eigenvalue weighted by atomic mass is 16.3. The maximum Gasteiger partial charge on any atom is 0.118 e. The van der Waals surface area contributed by atoms with Crippen LogP contribution < -0.4 is 0 Å². The fourth-order valence-electron chi connectivity index (χ4n) is 2.34. The zero-order valence-corrected chi connectivity index (χ0v) is 13.3. The Morgan fingerprint density at radius 2 is 1.86 bits per heavy atom. The summed E-state index contributed by atoms with van der Waals surface area (Å²) in [5.41, 5.74) is 1.42. The second-order valence-electron chi connectivity index (χ2n) is 5.79. The van der Waals surface area contributed by atoms with E-state index in [0.29, 0.717) is 24.7 Å². The first-order valence-corrected chi connectivity index (χ1v) is 7.47. The number of hydrogen-bond donors (Lipinski definition) is 1. The van der Waals surface area contributed by atoms with Crippen molar-refractivity contribution in [3.05, 3.63) is 59.0 Å². The molecule has 0 aliphatic rings. The van der Waals surface area contributed by atoms with Crippen LogP contribution in [0.25, 0.3) is 0 Å². The first kappa shape index (κ1) is 16.3. The molecule has 22 heavy (non-hydrogen) atoms. The van der Waals surface area contributed by atoms with E-state index in [0.717, 1.165) is 17.1 Å². The number of benzene rings is 1. The number of aliphatic hydroxyl groups is 1. The van der Waals surface area contributed by atoms with Crippen molar-refractivity contribution in [2.45, 2.75) is 39.5 Å².